The Morgan fingerprint density at radius 1 is 1.23 bits per heavy atom. The summed E-state index contributed by atoms with van der Waals surface area (Å²) in [5.41, 5.74) is 3.60. The minimum absolute atomic E-state index is 0. The summed E-state index contributed by atoms with van der Waals surface area (Å²) < 4.78 is 7.84. The van der Waals surface area contributed by atoms with Crippen LogP contribution in [0.2, 0.25) is 0 Å². The lowest BCUT2D eigenvalue weighted by Gasteiger charge is -2.35. The van der Waals surface area contributed by atoms with E-state index in [1.165, 1.54) is 11.1 Å². The number of aryl methyl sites for hydroxylation is 1. The fraction of sp³-hybridized carbons (Fsp3) is 0.348. The lowest BCUT2D eigenvalue weighted by atomic mass is 10.0. The van der Waals surface area contributed by atoms with Gasteiger partial charge in [-0.1, -0.05) is 24.3 Å². The van der Waals surface area contributed by atoms with Crippen LogP contribution in [0, 0.1) is 6.92 Å². The van der Waals surface area contributed by atoms with Gasteiger partial charge in [0.25, 0.3) is 0 Å². The molecular weight excluding hydrogens is 503 g/mol. The van der Waals surface area contributed by atoms with Crippen molar-refractivity contribution in [3.05, 3.63) is 77.7 Å². The van der Waals surface area contributed by atoms with Crippen LogP contribution in [0.25, 0.3) is 5.82 Å². The molecule has 1 atom stereocenters. The molecular formula is C23H29IN6O. The number of benzene rings is 1. The number of aromatic nitrogens is 3. The highest BCUT2D eigenvalue weighted by molar-refractivity contribution is 14.0. The average molecular weight is 532 g/mol. The molecule has 1 fully saturated rings. The molecule has 0 bridgehead atoms. The minimum atomic E-state index is 0. The van der Waals surface area contributed by atoms with Gasteiger partial charge in [0.15, 0.2) is 11.8 Å². The van der Waals surface area contributed by atoms with Gasteiger partial charge in [-0.05, 0) is 48.7 Å². The zero-order valence-corrected chi connectivity index (χ0v) is 20.3. The fourth-order valence-corrected chi connectivity index (χ4v) is 3.66. The zero-order valence-electron chi connectivity index (χ0n) is 17.9. The van der Waals surface area contributed by atoms with Crippen LogP contribution in [0.15, 0.2) is 66.0 Å². The standard InChI is InChI=1S/C23H28N6O.HI/c1-3-24-23(26-16-19-9-11-25-22(15-19)29-12-6-10-27-29)28-13-14-30-21(17-28)20-8-5-4-7-18(20)2;/h4-12,15,21H,3,13-14,16-17H2,1-2H3,(H,24,26);1H. The van der Waals surface area contributed by atoms with Gasteiger partial charge in [-0.25, -0.2) is 14.7 Å². The van der Waals surface area contributed by atoms with Crippen molar-refractivity contribution in [2.75, 3.05) is 26.2 Å². The average Bonchev–Trinajstić information content (AvgIpc) is 3.32. The lowest BCUT2D eigenvalue weighted by molar-refractivity contribution is -0.00834. The Hall–Kier alpha value is -2.46. The maximum atomic E-state index is 6.08. The molecule has 0 radical (unpaired) electrons. The highest BCUT2D eigenvalue weighted by Gasteiger charge is 2.25. The van der Waals surface area contributed by atoms with E-state index in [-0.39, 0.29) is 30.1 Å². The summed E-state index contributed by atoms with van der Waals surface area (Å²) in [5, 5.41) is 7.69. The molecule has 0 amide bonds. The number of nitrogens with one attached hydrogen (secondary N) is 1. The number of halogens is 1. The van der Waals surface area contributed by atoms with Gasteiger partial charge in [-0.15, -0.1) is 24.0 Å². The number of pyridine rings is 1. The first-order valence-corrected chi connectivity index (χ1v) is 10.4. The van der Waals surface area contributed by atoms with Gasteiger partial charge in [0.1, 0.15) is 6.10 Å². The van der Waals surface area contributed by atoms with Gasteiger partial charge in [0, 0.05) is 31.7 Å². The van der Waals surface area contributed by atoms with E-state index in [1.54, 1.807) is 17.1 Å². The maximum Gasteiger partial charge on any atom is 0.194 e. The van der Waals surface area contributed by atoms with E-state index in [9.17, 15) is 0 Å². The molecule has 3 aromatic rings. The van der Waals surface area contributed by atoms with Crippen LogP contribution < -0.4 is 5.32 Å². The van der Waals surface area contributed by atoms with Crippen LogP contribution >= 0.6 is 24.0 Å². The van der Waals surface area contributed by atoms with E-state index in [1.807, 2.05) is 24.4 Å². The van der Waals surface area contributed by atoms with Crippen molar-refractivity contribution in [3.8, 4) is 5.82 Å². The predicted molar refractivity (Wildman–Crippen MR) is 133 cm³/mol. The van der Waals surface area contributed by atoms with E-state index < -0.39 is 0 Å². The number of rotatable bonds is 5. The highest BCUT2D eigenvalue weighted by Crippen LogP contribution is 2.25. The second-order valence-electron chi connectivity index (χ2n) is 7.31. The summed E-state index contributed by atoms with van der Waals surface area (Å²) in [4.78, 5) is 11.6. The molecule has 0 spiro atoms. The fourth-order valence-electron chi connectivity index (χ4n) is 3.66. The second kappa shape index (κ2) is 11.2. The van der Waals surface area contributed by atoms with Crippen LogP contribution in [0.1, 0.15) is 29.7 Å². The van der Waals surface area contributed by atoms with Crippen LogP contribution in [0.5, 0.6) is 0 Å². The molecule has 0 saturated carbocycles. The molecule has 0 aliphatic carbocycles. The molecule has 1 aliphatic rings. The van der Waals surface area contributed by atoms with Gasteiger partial charge in [-0.3, -0.25) is 0 Å². The van der Waals surface area contributed by atoms with Crippen molar-refractivity contribution in [1.29, 1.82) is 0 Å². The molecule has 4 rings (SSSR count). The van der Waals surface area contributed by atoms with Crippen LogP contribution in [-0.4, -0.2) is 51.9 Å². The zero-order chi connectivity index (χ0) is 20.8. The van der Waals surface area contributed by atoms with E-state index in [0.717, 1.165) is 37.0 Å². The Bertz CT molecular complexity index is 991. The maximum absolute atomic E-state index is 6.08. The predicted octanol–water partition coefficient (Wildman–Crippen LogP) is 3.73. The topological polar surface area (TPSA) is 67.6 Å². The van der Waals surface area contributed by atoms with Crippen molar-refractivity contribution < 1.29 is 4.74 Å². The Labute approximate surface area is 200 Å². The number of hydrogen-bond donors (Lipinski definition) is 1. The van der Waals surface area contributed by atoms with Crippen molar-refractivity contribution in [2.45, 2.75) is 26.5 Å². The first-order chi connectivity index (χ1) is 14.7. The van der Waals surface area contributed by atoms with Crippen LogP contribution in [-0.2, 0) is 11.3 Å². The molecule has 8 heteroatoms. The molecule has 1 N–H and O–H groups in total. The smallest absolute Gasteiger partial charge is 0.194 e. The minimum Gasteiger partial charge on any atom is -0.370 e. The van der Waals surface area contributed by atoms with Crippen molar-refractivity contribution in [2.24, 2.45) is 4.99 Å². The third kappa shape index (κ3) is 5.82. The third-order valence-corrected chi connectivity index (χ3v) is 5.20. The quantitative estimate of drug-likeness (QED) is 0.308. The molecule has 1 unspecified atom stereocenters. The number of aliphatic imine (C=N–C) groups is 1. The molecule has 1 saturated heterocycles. The van der Waals surface area contributed by atoms with E-state index in [0.29, 0.717) is 13.2 Å². The summed E-state index contributed by atoms with van der Waals surface area (Å²) in [6.07, 6.45) is 5.49. The number of hydrogen-bond acceptors (Lipinski definition) is 4. The van der Waals surface area contributed by atoms with E-state index >= 15 is 0 Å². The normalized spacial score (nSPS) is 16.6. The first kappa shape index (κ1) is 23.2. The summed E-state index contributed by atoms with van der Waals surface area (Å²) in [6, 6.07) is 14.3. The number of ether oxygens (including phenoxy) is 1. The van der Waals surface area contributed by atoms with Crippen molar-refractivity contribution in [3.63, 3.8) is 0 Å². The van der Waals surface area contributed by atoms with Gasteiger partial charge in [0.2, 0.25) is 0 Å². The summed E-state index contributed by atoms with van der Waals surface area (Å²) >= 11 is 0. The van der Waals surface area contributed by atoms with Gasteiger partial charge >= 0.3 is 0 Å². The van der Waals surface area contributed by atoms with Crippen LogP contribution in [0.3, 0.4) is 0 Å². The molecule has 164 valence electrons. The van der Waals surface area contributed by atoms with Crippen LogP contribution in [0.4, 0.5) is 0 Å². The van der Waals surface area contributed by atoms with E-state index in [2.05, 4.69) is 58.4 Å². The molecule has 2 aromatic heterocycles. The van der Waals surface area contributed by atoms with Crippen molar-refractivity contribution in [1.82, 2.24) is 25.0 Å². The summed E-state index contributed by atoms with van der Waals surface area (Å²) in [5.74, 6) is 1.71. The van der Waals surface area contributed by atoms with Gasteiger partial charge < -0.3 is 15.0 Å². The lowest BCUT2D eigenvalue weighted by Crippen LogP contribution is -2.48. The Morgan fingerprint density at radius 2 is 2.10 bits per heavy atom. The first-order valence-electron chi connectivity index (χ1n) is 10.4. The Kier molecular flexibility index (Phi) is 8.42. The molecule has 3 heterocycles. The van der Waals surface area contributed by atoms with Gasteiger partial charge in [0.05, 0.1) is 19.7 Å². The van der Waals surface area contributed by atoms with Gasteiger partial charge in [-0.2, -0.15) is 5.10 Å². The summed E-state index contributed by atoms with van der Waals surface area (Å²) in [7, 11) is 0. The largest absolute Gasteiger partial charge is 0.370 e. The number of nitrogens with zero attached hydrogens (tertiary/aromatic N) is 5. The SMILES string of the molecule is CCNC(=NCc1ccnc(-n2cccn2)c1)N1CCOC(c2ccccc2C)C1.I. The molecule has 31 heavy (non-hydrogen) atoms. The summed E-state index contributed by atoms with van der Waals surface area (Å²) in [6.45, 7) is 7.91. The third-order valence-electron chi connectivity index (χ3n) is 5.20. The highest BCUT2D eigenvalue weighted by atomic mass is 127. The number of guanidine groups is 1. The monoisotopic (exact) mass is 532 g/mol. The second-order valence-corrected chi connectivity index (χ2v) is 7.31. The molecule has 1 aromatic carbocycles. The van der Waals surface area contributed by atoms with Crippen molar-refractivity contribution >= 4 is 29.9 Å². The molecule has 7 nitrogen and oxygen atoms in total. The Balaban J connectivity index is 0.00000272. The Morgan fingerprint density at radius 3 is 2.87 bits per heavy atom. The van der Waals surface area contributed by atoms with E-state index in [4.69, 9.17) is 9.73 Å². The molecule has 1 aliphatic heterocycles. The number of morpholine rings is 1.